The average molecular weight is 560 g/mol. The molecule has 2 aliphatic heterocycles. The van der Waals surface area contributed by atoms with Crippen LogP contribution in [-0.4, -0.2) is 83.7 Å². The summed E-state index contributed by atoms with van der Waals surface area (Å²) in [5, 5.41) is 11.1. The standard InChI is InChI=1S/C22H26ClN3O6S3/c1-14(21(29)24-9-3-2-4-10-24)25-11-7-15(22(25)30)26(13-19(27)28)35(31,32)17-8-12-33-20(17)16-5-6-18(23)34-16/h5-6,8,12,14-15H,2-4,7,9-11,13H2,1H3,(H,27,28)/t14-,15-/m0/s1. The van der Waals surface area contributed by atoms with E-state index in [2.05, 4.69) is 0 Å². The zero-order valence-corrected chi connectivity index (χ0v) is 22.3. The molecule has 0 spiro atoms. The molecular weight excluding hydrogens is 534 g/mol. The monoisotopic (exact) mass is 559 g/mol. The molecule has 2 amide bonds. The summed E-state index contributed by atoms with van der Waals surface area (Å²) in [7, 11) is -4.34. The first-order chi connectivity index (χ1) is 16.6. The Kier molecular flexibility index (Phi) is 7.86. The van der Waals surface area contributed by atoms with Crippen LogP contribution in [0.4, 0.5) is 0 Å². The van der Waals surface area contributed by atoms with Crippen molar-refractivity contribution in [3.05, 3.63) is 27.9 Å². The molecule has 2 atom stereocenters. The van der Waals surface area contributed by atoms with Gasteiger partial charge in [0.2, 0.25) is 21.8 Å². The Balaban J connectivity index is 1.61. The van der Waals surface area contributed by atoms with Crippen LogP contribution < -0.4 is 0 Å². The van der Waals surface area contributed by atoms with Crippen molar-refractivity contribution in [2.75, 3.05) is 26.2 Å². The van der Waals surface area contributed by atoms with Gasteiger partial charge in [0, 0.05) is 24.5 Å². The van der Waals surface area contributed by atoms with E-state index in [0.29, 0.717) is 27.2 Å². The lowest BCUT2D eigenvalue weighted by Crippen LogP contribution is -2.52. The third-order valence-electron chi connectivity index (χ3n) is 6.36. The summed E-state index contributed by atoms with van der Waals surface area (Å²) in [6.07, 6.45) is 3.00. The van der Waals surface area contributed by atoms with E-state index in [0.717, 1.165) is 23.6 Å². The van der Waals surface area contributed by atoms with Crippen LogP contribution in [0.1, 0.15) is 32.6 Å². The van der Waals surface area contributed by atoms with Crippen molar-refractivity contribution in [2.24, 2.45) is 0 Å². The lowest BCUT2D eigenvalue weighted by molar-refractivity contribution is -0.145. The van der Waals surface area contributed by atoms with Crippen LogP contribution in [0.2, 0.25) is 4.34 Å². The summed E-state index contributed by atoms with van der Waals surface area (Å²) < 4.78 is 28.7. The Bertz CT molecular complexity index is 1220. The first-order valence-corrected chi connectivity index (χ1v) is 14.8. The fourth-order valence-corrected chi connectivity index (χ4v) is 8.82. The van der Waals surface area contributed by atoms with Crippen LogP contribution in [-0.2, 0) is 24.4 Å². The van der Waals surface area contributed by atoms with E-state index in [1.165, 1.54) is 33.6 Å². The summed E-state index contributed by atoms with van der Waals surface area (Å²) in [6.45, 7) is 2.24. The molecule has 1 N–H and O–H groups in total. The fraction of sp³-hybridized carbons (Fsp3) is 0.500. The molecule has 35 heavy (non-hydrogen) atoms. The number of hydrogen-bond acceptors (Lipinski definition) is 7. The molecule has 0 saturated carbocycles. The Morgan fingerprint density at radius 1 is 1.20 bits per heavy atom. The van der Waals surface area contributed by atoms with Gasteiger partial charge in [0.05, 0.1) is 9.21 Å². The molecule has 0 aromatic carbocycles. The largest absolute Gasteiger partial charge is 0.480 e. The summed E-state index contributed by atoms with van der Waals surface area (Å²) in [5.74, 6) is -2.09. The third-order valence-corrected chi connectivity index (χ3v) is 10.7. The van der Waals surface area contributed by atoms with Crippen molar-refractivity contribution in [2.45, 2.75) is 49.6 Å². The minimum Gasteiger partial charge on any atom is -0.480 e. The van der Waals surface area contributed by atoms with Gasteiger partial charge in [0.1, 0.15) is 23.5 Å². The molecule has 0 bridgehead atoms. The normalized spacial score (nSPS) is 20.0. The van der Waals surface area contributed by atoms with Crippen LogP contribution in [0.3, 0.4) is 0 Å². The number of amides is 2. The third kappa shape index (κ3) is 5.26. The van der Waals surface area contributed by atoms with Gasteiger partial charge in [-0.1, -0.05) is 11.6 Å². The van der Waals surface area contributed by atoms with Gasteiger partial charge >= 0.3 is 5.97 Å². The maximum Gasteiger partial charge on any atom is 0.318 e. The molecule has 190 valence electrons. The van der Waals surface area contributed by atoms with E-state index in [-0.39, 0.29) is 23.8 Å². The molecule has 0 unspecified atom stereocenters. The Hall–Kier alpha value is -1.99. The highest BCUT2D eigenvalue weighted by Crippen LogP contribution is 2.40. The molecule has 2 saturated heterocycles. The van der Waals surface area contributed by atoms with Gasteiger partial charge in [-0.2, -0.15) is 4.31 Å². The van der Waals surface area contributed by atoms with Gasteiger partial charge in [0.25, 0.3) is 0 Å². The number of carboxylic acids is 1. The molecule has 2 fully saturated rings. The number of thiophene rings is 2. The first kappa shape index (κ1) is 26.1. The Labute approximate surface area is 216 Å². The van der Waals surface area contributed by atoms with Crippen molar-refractivity contribution in [1.82, 2.24) is 14.1 Å². The number of piperidine rings is 1. The number of carboxylic acid groups (broad SMARTS) is 1. The highest BCUT2D eigenvalue weighted by Gasteiger charge is 2.46. The molecule has 2 aromatic heterocycles. The molecule has 2 aliphatic rings. The highest BCUT2D eigenvalue weighted by molar-refractivity contribution is 7.89. The van der Waals surface area contributed by atoms with Gasteiger partial charge in [-0.05, 0) is 56.2 Å². The van der Waals surface area contributed by atoms with Crippen molar-refractivity contribution in [3.63, 3.8) is 0 Å². The molecule has 4 heterocycles. The smallest absolute Gasteiger partial charge is 0.318 e. The van der Waals surface area contributed by atoms with E-state index >= 15 is 0 Å². The van der Waals surface area contributed by atoms with Crippen molar-refractivity contribution in [1.29, 1.82) is 0 Å². The highest BCUT2D eigenvalue weighted by atomic mass is 35.5. The van der Waals surface area contributed by atoms with Crippen LogP contribution in [0.5, 0.6) is 0 Å². The molecular formula is C22H26ClN3O6S3. The van der Waals surface area contributed by atoms with Crippen LogP contribution >= 0.6 is 34.3 Å². The SMILES string of the molecule is C[C@@H](C(=O)N1CCCCC1)N1CC[C@H](N(CC(=O)O)S(=O)(=O)c2ccsc2-c2ccc(Cl)s2)C1=O. The summed E-state index contributed by atoms with van der Waals surface area (Å²) in [4.78, 5) is 42.1. The maximum atomic E-state index is 13.7. The number of likely N-dealkylation sites (tertiary alicyclic amines) is 2. The predicted octanol–water partition coefficient (Wildman–Crippen LogP) is 3.21. The van der Waals surface area contributed by atoms with Crippen LogP contribution in [0.15, 0.2) is 28.5 Å². The van der Waals surface area contributed by atoms with E-state index in [4.69, 9.17) is 11.6 Å². The van der Waals surface area contributed by atoms with E-state index < -0.39 is 40.5 Å². The minimum atomic E-state index is -4.34. The number of carbonyl (C=O) groups excluding carboxylic acids is 2. The number of rotatable bonds is 8. The number of hydrogen-bond donors (Lipinski definition) is 1. The zero-order chi connectivity index (χ0) is 25.3. The Morgan fingerprint density at radius 2 is 1.91 bits per heavy atom. The lowest BCUT2D eigenvalue weighted by atomic mass is 10.1. The van der Waals surface area contributed by atoms with Gasteiger partial charge in [0.15, 0.2) is 0 Å². The van der Waals surface area contributed by atoms with Gasteiger partial charge < -0.3 is 14.9 Å². The van der Waals surface area contributed by atoms with E-state index in [1.54, 1.807) is 29.3 Å². The average Bonchev–Trinajstić information content (AvgIpc) is 3.57. The second-order valence-corrected chi connectivity index (χ2v) is 13.0. The summed E-state index contributed by atoms with van der Waals surface area (Å²) in [5.41, 5.74) is 0. The second kappa shape index (κ2) is 10.6. The second-order valence-electron chi connectivity index (χ2n) is 8.56. The zero-order valence-electron chi connectivity index (χ0n) is 19.1. The lowest BCUT2D eigenvalue weighted by Gasteiger charge is -2.33. The molecule has 2 aromatic rings. The molecule has 13 heteroatoms. The van der Waals surface area contributed by atoms with Gasteiger partial charge in [-0.15, -0.1) is 22.7 Å². The molecule has 9 nitrogen and oxygen atoms in total. The molecule has 4 rings (SSSR count). The fourth-order valence-electron chi connectivity index (χ4n) is 4.59. The van der Waals surface area contributed by atoms with Crippen LogP contribution in [0.25, 0.3) is 9.75 Å². The first-order valence-electron chi connectivity index (χ1n) is 11.3. The van der Waals surface area contributed by atoms with E-state index in [1.807, 2.05) is 0 Å². The number of aliphatic carboxylic acids is 1. The van der Waals surface area contributed by atoms with E-state index in [9.17, 15) is 27.9 Å². The molecule has 0 aliphatic carbocycles. The Morgan fingerprint density at radius 3 is 2.54 bits per heavy atom. The number of nitrogens with zero attached hydrogens (tertiary/aromatic N) is 3. The summed E-state index contributed by atoms with van der Waals surface area (Å²) in [6, 6.07) is 2.83. The maximum absolute atomic E-state index is 13.7. The van der Waals surface area contributed by atoms with Gasteiger partial charge in [-0.25, -0.2) is 8.42 Å². The predicted molar refractivity (Wildman–Crippen MR) is 134 cm³/mol. The van der Waals surface area contributed by atoms with Gasteiger partial charge in [-0.3, -0.25) is 14.4 Å². The number of halogens is 1. The van der Waals surface area contributed by atoms with Crippen molar-refractivity contribution in [3.8, 4) is 9.75 Å². The number of sulfonamides is 1. The molecule has 0 radical (unpaired) electrons. The van der Waals surface area contributed by atoms with Crippen molar-refractivity contribution < 1.29 is 27.9 Å². The van der Waals surface area contributed by atoms with Crippen molar-refractivity contribution >= 4 is 62.1 Å². The summed E-state index contributed by atoms with van der Waals surface area (Å²) >= 11 is 8.44. The number of carbonyl (C=O) groups is 3. The van der Waals surface area contributed by atoms with Crippen LogP contribution in [0, 0.1) is 0 Å². The minimum absolute atomic E-state index is 0.0639. The topological polar surface area (TPSA) is 115 Å². The quantitative estimate of drug-likeness (QED) is 0.531.